The third-order valence-electron chi connectivity index (χ3n) is 6.13. The zero-order valence-electron chi connectivity index (χ0n) is 22.2. The molecule has 0 saturated carbocycles. The van der Waals surface area contributed by atoms with Gasteiger partial charge in [0.25, 0.3) is 10.0 Å². The standard InChI is InChI=1S/C28H33N3O6S/c1-20-12-14-26(15-13-20)38(34,35)31(23-9-7-11-25(17-23)37-5)19-27(32)30(21(2)28(33)29-3)18-22-8-6-10-24(16-22)36-4/h6-17,21H,18-19H2,1-5H3,(H,29,33)/t21-/m0/s1. The Bertz CT molecular complexity index is 1380. The highest BCUT2D eigenvalue weighted by molar-refractivity contribution is 7.92. The molecule has 0 aliphatic rings. The predicted octanol–water partition coefficient (Wildman–Crippen LogP) is 3.37. The van der Waals surface area contributed by atoms with Gasteiger partial charge in [0.15, 0.2) is 0 Å². The van der Waals surface area contributed by atoms with Gasteiger partial charge in [-0.3, -0.25) is 13.9 Å². The minimum Gasteiger partial charge on any atom is -0.497 e. The third-order valence-corrected chi connectivity index (χ3v) is 7.92. The molecule has 0 unspecified atom stereocenters. The third kappa shape index (κ3) is 6.63. The summed E-state index contributed by atoms with van der Waals surface area (Å²) in [6.07, 6.45) is 0. The SMILES string of the molecule is CNC(=O)[C@H](C)N(Cc1cccc(OC)c1)C(=O)CN(c1cccc(OC)c1)S(=O)(=O)c1ccc(C)cc1. The number of rotatable bonds is 11. The van der Waals surface area contributed by atoms with Crippen molar-refractivity contribution in [3.63, 3.8) is 0 Å². The van der Waals surface area contributed by atoms with E-state index in [0.29, 0.717) is 11.5 Å². The lowest BCUT2D eigenvalue weighted by Gasteiger charge is -2.32. The van der Waals surface area contributed by atoms with E-state index in [-0.39, 0.29) is 23.0 Å². The molecule has 10 heteroatoms. The Kier molecular flexibility index (Phi) is 9.35. The molecule has 0 aliphatic carbocycles. The van der Waals surface area contributed by atoms with Gasteiger partial charge in [0.2, 0.25) is 11.8 Å². The van der Waals surface area contributed by atoms with E-state index >= 15 is 0 Å². The van der Waals surface area contributed by atoms with Crippen LogP contribution in [0.25, 0.3) is 0 Å². The molecule has 0 spiro atoms. The number of nitrogens with zero attached hydrogens (tertiary/aromatic N) is 2. The Hall–Kier alpha value is -4.05. The van der Waals surface area contributed by atoms with E-state index in [4.69, 9.17) is 9.47 Å². The van der Waals surface area contributed by atoms with Gasteiger partial charge in [0.1, 0.15) is 24.1 Å². The second-order valence-corrected chi connectivity index (χ2v) is 10.6. The van der Waals surface area contributed by atoms with Crippen LogP contribution in [0.3, 0.4) is 0 Å². The molecule has 2 amide bonds. The van der Waals surface area contributed by atoms with Gasteiger partial charge in [0, 0.05) is 19.7 Å². The lowest BCUT2D eigenvalue weighted by atomic mass is 10.1. The summed E-state index contributed by atoms with van der Waals surface area (Å²) in [7, 11) is 0.349. The molecule has 0 radical (unpaired) electrons. The number of ether oxygens (including phenoxy) is 2. The van der Waals surface area contributed by atoms with Gasteiger partial charge in [-0.2, -0.15) is 0 Å². The number of aryl methyl sites for hydroxylation is 1. The number of hydrogen-bond acceptors (Lipinski definition) is 6. The van der Waals surface area contributed by atoms with E-state index in [9.17, 15) is 18.0 Å². The maximum Gasteiger partial charge on any atom is 0.264 e. The van der Waals surface area contributed by atoms with E-state index in [1.807, 2.05) is 13.0 Å². The normalized spacial score (nSPS) is 11.8. The molecule has 0 aliphatic heterocycles. The summed E-state index contributed by atoms with van der Waals surface area (Å²) in [4.78, 5) is 27.8. The van der Waals surface area contributed by atoms with E-state index in [2.05, 4.69) is 5.32 Å². The Morgan fingerprint density at radius 3 is 2.13 bits per heavy atom. The highest BCUT2D eigenvalue weighted by Gasteiger charge is 2.32. The Labute approximate surface area is 224 Å². The minimum atomic E-state index is -4.15. The average Bonchev–Trinajstić information content (AvgIpc) is 2.93. The molecule has 1 N–H and O–H groups in total. The van der Waals surface area contributed by atoms with Crippen LogP contribution in [0.5, 0.6) is 11.5 Å². The van der Waals surface area contributed by atoms with E-state index in [0.717, 1.165) is 15.4 Å². The van der Waals surface area contributed by atoms with Crippen molar-refractivity contribution in [3.8, 4) is 11.5 Å². The molecule has 1 atom stereocenters. The van der Waals surface area contributed by atoms with Crippen molar-refractivity contribution in [3.05, 3.63) is 83.9 Å². The predicted molar refractivity (Wildman–Crippen MR) is 146 cm³/mol. The van der Waals surface area contributed by atoms with Gasteiger partial charge in [-0.25, -0.2) is 8.42 Å². The van der Waals surface area contributed by atoms with Crippen LogP contribution >= 0.6 is 0 Å². The number of nitrogens with one attached hydrogen (secondary N) is 1. The average molecular weight is 540 g/mol. The van der Waals surface area contributed by atoms with E-state index in [1.165, 1.54) is 38.3 Å². The van der Waals surface area contributed by atoms with Gasteiger partial charge in [-0.1, -0.05) is 35.9 Å². The van der Waals surface area contributed by atoms with Crippen LogP contribution in [0.1, 0.15) is 18.1 Å². The molecular formula is C28H33N3O6S. The van der Waals surface area contributed by atoms with Crippen LogP contribution in [-0.2, 0) is 26.2 Å². The Balaban J connectivity index is 2.05. The van der Waals surface area contributed by atoms with Crippen LogP contribution in [0, 0.1) is 6.92 Å². The van der Waals surface area contributed by atoms with Crippen LogP contribution in [0.2, 0.25) is 0 Å². The number of anilines is 1. The number of hydrogen-bond donors (Lipinski definition) is 1. The first-order valence-corrected chi connectivity index (χ1v) is 13.4. The zero-order chi connectivity index (χ0) is 27.9. The van der Waals surface area contributed by atoms with Crippen molar-refractivity contribution < 1.29 is 27.5 Å². The Morgan fingerprint density at radius 2 is 1.53 bits per heavy atom. The maximum absolute atomic E-state index is 13.8. The van der Waals surface area contributed by atoms with Gasteiger partial charge in [-0.05, 0) is 55.8 Å². The summed E-state index contributed by atoms with van der Waals surface area (Å²) in [6.45, 7) is 2.99. The fourth-order valence-corrected chi connectivity index (χ4v) is 5.30. The van der Waals surface area contributed by atoms with Crippen molar-refractivity contribution in [2.45, 2.75) is 31.3 Å². The topological polar surface area (TPSA) is 105 Å². The summed E-state index contributed by atoms with van der Waals surface area (Å²) in [5.74, 6) is 0.103. The van der Waals surface area contributed by atoms with Crippen molar-refractivity contribution in [1.29, 1.82) is 0 Å². The second kappa shape index (κ2) is 12.5. The molecule has 0 aromatic heterocycles. The number of benzene rings is 3. The summed E-state index contributed by atoms with van der Waals surface area (Å²) in [6, 6.07) is 19.1. The van der Waals surface area contributed by atoms with E-state index < -0.39 is 28.5 Å². The minimum absolute atomic E-state index is 0.0393. The summed E-state index contributed by atoms with van der Waals surface area (Å²) in [5, 5.41) is 2.56. The number of methoxy groups -OCH3 is 2. The highest BCUT2D eigenvalue weighted by Crippen LogP contribution is 2.28. The monoisotopic (exact) mass is 539 g/mol. The maximum atomic E-state index is 13.8. The van der Waals surface area contributed by atoms with Crippen LogP contribution < -0.4 is 19.1 Å². The molecular weight excluding hydrogens is 506 g/mol. The summed E-state index contributed by atoms with van der Waals surface area (Å²) in [5.41, 5.74) is 1.88. The number of carbonyl (C=O) groups excluding carboxylic acids is 2. The molecule has 0 bridgehead atoms. The first kappa shape index (κ1) is 28.5. The lowest BCUT2D eigenvalue weighted by Crippen LogP contribution is -2.50. The molecule has 0 heterocycles. The molecule has 3 rings (SSSR count). The Morgan fingerprint density at radius 1 is 0.921 bits per heavy atom. The first-order valence-electron chi connectivity index (χ1n) is 12.0. The fraction of sp³-hybridized carbons (Fsp3) is 0.286. The van der Waals surface area contributed by atoms with E-state index in [1.54, 1.807) is 61.5 Å². The van der Waals surface area contributed by atoms with Gasteiger partial charge in [0.05, 0.1) is 24.8 Å². The molecule has 38 heavy (non-hydrogen) atoms. The lowest BCUT2D eigenvalue weighted by molar-refractivity contribution is -0.139. The zero-order valence-corrected chi connectivity index (χ0v) is 23.0. The van der Waals surface area contributed by atoms with Crippen molar-refractivity contribution >= 4 is 27.5 Å². The largest absolute Gasteiger partial charge is 0.497 e. The van der Waals surface area contributed by atoms with Crippen molar-refractivity contribution in [2.24, 2.45) is 0 Å². The highest BCUT2D eigenvalue weighted by atomic mass is 32.2. The quantitative estimate of drug-likeness (QED) is 0.401. The number of likely N-dealkylation sites (N-methyl/N-ethyl adjacent to an activating group) is 1. The van der Waals surface area contributed by atoms with Crippen molar-refractivity contribution in [1.82, 2.24) is 10.2 Å². The number of sulfonamides is 1. The van der Waals surface area contributed by atoms with Crippen molar-refractivity contribution in [2.75, 3.05) is 32.1 Å². The first-order chi connectivity index (χ1) is 18.1. The summed E-state index contributed by atoms with van der Waals surface area (Å²) < 4.78 is 39.3. The van der Waals surface area contributed by atoms with Gasteiger partial charge in [-0.15, -0.1) is 0 Å². The summed E-state index contributed by atoms with van der Waals surface area (Å²) >= 11 is 0. The van der Waals surface area contributed by atoms with Gasteiger partial charge < -0.3 is 19.7 Å². The molecule has 9 nitrogen and oxygen atoms in total. The number of carbonyl (C=O) groups is 2. The fourth-order valence-electron chi connectivity index (χ4n) is 3.89. The smallest absolute Gasteiger partial charge is 0.264 e. The molecule has 0 saturated heterocycles. The van der Waals surface area contributed by atoms with Gasteiger partial charge >= 0.3 is 0 Å². The molecule has 3 aromatic rings. The van der Waals surface area contributed by atoms with Crippen LogP contribution in [-0.4, -0.2) is 59.0 Å². The van der Waals surface area contributed by atoms with Crippen LogP contribution in [0.4, 0.5) is 5.69 Å². The van der Waals surface area contributed by atoms with Crippen LogP contribution in [0.15, 0.2) is 77.7 Å². The molecule has 0 fully saturated rings. The molecule has 202 valence electrons. The molecule has 3 aromatic carbocycles. The number of amides is 2. The second-order valence-electron chi connectivity index (χ2n) is 8.69.